The molecule has 0 aliphatic carbocycles. The first kappa shape index (κ1) is 23.7. The van der Waals surface area contributed by atoms with Gasteiger partial charge in [-0.05, 0) is 35.7 Å². The van der Waals surface area contributed by atoms with E-state index in [9.17, 15) is 32.3 Å². The largest absolute Gasteiger partial charge is 0.426 e. The third-order valence-electron chi connectivity index (χ3n) is 5.04. The number of anilines is 1. The maximum atomic E-state index is 14.4. The van der Waals surface area contributed by atoms with Crippen molar-refractivity contribution in [3.63, 3.8) is 0 Å². The molecule has 2 aromatic carbocycles. The van der Waals surface area contributed by atoms with Crippen LogP contribution in [0.25, 0.3) is 10.8 Å². The summed E-state index contributed by atoms with van der Waals surface area (Å²) >= 11 is 5.99. The molecule has 0 spiro atoms. The first-order chi connectivity index (χ1) is 14.8. The highest BCUT2D eigenvalue weighted by atomic mass is 35.5. The van der Waals surface area contributed by atoms with E-state index in [-0.39, 0.29) is 27.0 Å². The summed E-state index contributed by atoms with van der Waals surface area (Å²) in [6.07, 6.45) is -5.47. The topological polar surface area (TPSA) is 92.4 Å². The summed E-state index contributed by atoms with van der Waals surface area (Å²) in [6.45, 7) is 2.48. The van der Waals surface area contributed by atoms with Gasteiger partial charge in [0.05, 0.1) is 11.6 Å². The van der Waals surface area contributed by atoms with E-state index in [2.05, 4.69) is 9.68 Å². The van der Waals surface area contributed by atoms with E-state index in [0.29, 0.717) is 0 Å². The molecule has 0 saturated heterocycles. The van der Waals surface area contributed by atoms with Crippen LogP contribution in [0.4, 0.5) is 23.2 Å². The van der Waals surface area contributed by atoms with Gasteiger partial charge in [0.15, 0.2) is 0 Å². The van der Waals surface area contributed by atoms with Crippen molar-refractivity contribution in [3.8, 4) is 0 Å². The number of alkyl halides is 3. The lowest BCUT2D eigenvalue weighted by Gasteiger charge is -2.37. The number of aromatic nitrogens is 1. The Balaban J connectivity index is 1.98. The zero-order chi connectivity index (χ0) is 23.9. The average Bonchev–Trinajstić information content (AvgIpc) is 2.66. The summed E-state index contributed by atoms with van der Waals surface area (Å²) in [5.41, 5.74) is -6.72. The van der Waals surface area contributed by atoms with Crippen LogP contribution in [0.5, 0.6) is 0 Å². The predicted octanol–water partition coefficient (Wildman–Crippen LogP) is 4.58. The Morgan fingerprint density at radius 2 is 1.91 bits per heavy atom. The molecule has 170 valence electrons. The van der Waals surface area contributed by atoms with Crippen molar-refractivity contribution in [2.75, 3.05) is 5.32 Å². The van der Waals surface area contributed by atoms with Crippen LogP contribution in [0.1, 0.15) is 25.8 Å². The second-order valence-corrected chi connectivity index (χ2v) is 8.29. The molecule has 2 N–H and O–H groups in total. The van der Waals surface area contributed by atoms with Crippen molar-refractivity contribution in [1.82, 2.24) is 5.16 Å². The predicted molar refractivity (Wildman–Crippen MR) is 109 cm³/mol. The van der Waals surface area contributed by atoms with Gasteiger partial charge in [-0.2, -0.15) is 13.2 Å². The summed E-state index contributed by atoms with van der Waals surface area (Å²) in [5, 5.41) is 16.0. The van der Waals surface area contributed by atoms with Crippen LogP contribution in [-0.2, 0) is 10.2 Å². The van der Waals surface area contributed by atoms with Gasteiger partial charge in [-0.15, -0.1) is 0 Å². The fourth-order valence-electron chi connectivity index (χ4n) is 3.53. The van der Waals surface area contributed by atoms with Gasteiger partial charge in [-0.3, -0.25) is 4.79 Å². The molecule has 3 aromatic rings. The number of nitrogens with one attached hydrogen (secondary N) is 1. The van der Waals surface area contributed by atoms with E-state index < -0.39 is 41.0 Å². The Hall–Kier alpha value is -2.98. The summed E-state index contributed by atoms with van der Waals surface area (Å²) in [7, 11) is 0. The molecule has 0 aliphatic heterocycles. The van der Waals surface area contributed by atoms with Gasteiger partial charge in [0.2, 0.25) is 5.60 Å². The molecule has 3 rings (SSSR count). The Labute approximate surface area is 183 Å². The van der Waals surface area contributed by atoms with Gasteiger partial charge in [-0.1, -0.05) is 36.7 Å². The van der Waals surface area contributed by atoms with E-state index in [4.69, 9.17) is 11.6 Å². The quantitative estimate of drug-likeness (QED) is 0.530. The summed E-state index contributed by atoms with van der Waals surface area (Å²) in [5.74, 6) is -2.64. The second kappa shape index (κ2) is 8.18. The number of benzene rings is 2. The molecule has 0 fully saturated rings. The monoisotopic (exact) mass is 472 g/mol. The molecule has 1 amide bonds. The number of rotatable bonds is 5. The van der Waals surface area contributed by atoms with Gasteiger partial charge in [0, 0.05) is 28.1 Å². The molecule has 0 saturated carbocycles. The minimum absolute atomic E-state index is 0.0967. The SMILES string of the molecule is CC(C)(CC(O)(C(=O)Nc1ccc2c(=O)oncc2c1)C(F)(F)F)c1c(F)cccc1Cl. The molecule has 1 aromatic heterocycles. The average molecular weight is 473 g/mol. The highest BCUT2D eigenvalue weighted by Gasteiger charge is 2.61. The fraction of sp³-hybridized carbons (Fsp3) is 0.286. The summed E-state index contributed by atoms with van der Waals surface area (Å²) < 4.78 is 60.5. The highest BCUT2D eigenvalue weighted by molar-refractivity contribution is 6.31. The van der Waals surface area contributed by atoms with Crippen LogP contribution in [0, 0.1) is 5.82 Å². The maximum Gasteiger partial charge on any atom is 0.426 e. The number of fused-ring (bicyclic) bond motifs is 1. The molecule has 6 nitrogen and oxygen atoms in total. The molecular weight excluding hydrogens is 456 g/mol. The normalized spacial score (nSPS) is 14.2. The number of hydrogen-bond acceptors (Lipinski definition) is 5. The highest BCUT2D eigenvalue weighted by Crippen LogP contribution is 2.44. The Morgan fingerprint density at radius 3 is 2.53 bits per heavy atom. The lowest BCUT2D eigenvalue weighted by molar-refractivity contribution is -0.254. The number of amides is 1. The van der Waals surface area contributed by atoms with Gasteiger partial charge in [-0.25, -0.2) is 9.18 Å². The molecule has 1 atom stereocenters. The number of aliphatic hydroxyl groups is 1. The van der Waals surface area contributed by atoms with Crippen LogP contribution < -0.4 is 10.9 Å². The Kier molecular flexibility index (Phi) is 6.05. The van der Waals surface area contributed by atoms with Crippen LogP contribution in [0.15, 0.2) is 51.9 Å². The minimum atomic E-state index is -5.40. The first-order valence-corrected chi connectivity index (χ1v) is 9.58. The fourth-order valence-corrected chi connectivity index (χ4v) is 3.95. The number of halogens is 5. The molecule has 0 bridgehead atoms. The van der Waals surface area contributed by atoms with E-state index in [0.717, 1.165) is 12.3 Å². The van der Waals surface area contributed by atoms with Gasteiger partial charge < -0.3 is 14.9 Å². The molecule has 1 unspecified atom stereocenters. The first-order valence-electron chi connectivity index (χ1n) is 9.20. The third kappa shape index (κ3) is 4.33. The Bertz CT molecular complexity index is 1220. The summed E-state index contributed by atoms with van der Waals surface area (Å²) in [4.78, 5) is 24.3. The van der Waals surface area contributed by atoms with Crippen molar-refractivity contribution in [2.45, 2.75) is 37.5 Å². The zero-order valence-electron chi connectivity index (χ0n) is 16.8. The smallest absolute Gasteiger partial charge is 0.373 e. The minimum Gasteiger partial charge on any atom is -0.373 e. The van der Waals surface area contributed by atoms with Crippen molar-refractivity contribution >= 4 is 34.0 Å². The Morgan fingerprint density at radius 1 is 1.22 bits per heavy atom. The number of carbonyl (C=O) groups excluding carboxylic acids is 1. The lowest BCUT2D eigenvalue weighted by atomic mass is 9.74. The van der Waals surface area contributed by atoms with Gasteiger partial charge in [0.1, 0.15) is 5.82 Å². The van der Waals surface area contributed by atoms with E-state index >= 15 is 0 Å². The van der Waals surface area contributed by atoms with Crippen molar-refractivity contribution in [1.29, 1.82) is 0 Å². The zero-order valence-corrected chi connectivity index (χ0v) is 17.5. The standard InChI is InChI=1S/C21H17ClF4N2O4/c1-19(2,16-14(22)4-3-5-15(16)23)10-20(31,21(24,25)26)18(30)28-12-6-7-13-11(8-12)9-27-32-17(13)29/h3-9,31H,10H2,1-2H3,(H,28,30). The third-order valence-corrected chi connectivity index (χ3v) is 5.35. The van der Waals surface area contributed by atoms with Gasteiger partial charge >= 0.3 is 11.8 Å². The molecule has 0 aliphatic rings. The number of carbonyl (C=O) groups is 1. The number of nitrogens with zero attached hydrogens (tertiary/aromatic N) is 1. The van der Waals surface area contributed by atoms with E-state index in [1.54, 1.807) is 0 Å². The van der Waals surface area contributed by atoms with Crippen LogP contribution >= 0.6 is 11.6 Å². The number of hydrogen-bond donors (Lipinski definition) is 2. The van der Waals surface area contributed by atoms with Crippen molar-refractivity contribution in [3.05, 3.63) is 69.4 Å². The molecule has 1 heterocycles. The second-order valence-electron chi connectivity index (χ2n) is 7.88. The molecule has 11 heteroatoms. The van der Waals surface area contributed by atoms with E-state index in [1.807, 2.05) is 5.32 Å². The van der Waals surface area contributed by atoms with Gasteiger partial charge in [0.25, 0.3) is 5.91 Å². The summed E-state index contributed by atoms with van der Waals surface area (Å²) in [6, 6.07) is 7.21. The van der Waals surface area contributed by atoms with Crippen LogP contribution in [-0.4, -0.2) is 27.9 Å². The molecule has 32 heavy (non-hydrogen) atoms. The van der Waals surface area contributed by atoms with Crippen LogP contribution in [0.3, 0.4) is 0 Å². The van der Waals surface area contributed by atoms with Crippen molar-refractivity contribution < 1.29 is 32.0 Å². The van der Waals surface area contributed by atoms with Crippen LogP contribution in [0.2, 0.25) is 5.02 Å². The molecule has 0 radical (unpaired) electrons. The maximum absolute atomic E-state index is 14.4. The van der Waals surface area contributed by atoms with Crippen molar-refractivity contribution in [2.24, 2.45) is 0 Å². The molecular formula is C21H17ClF4N2O4. The lowest BCUT2D eigenvalue weighted by Crippen LogP contribution is -2.57. The van der Waals surface area contributed by atoms with E-state index in [1.165, 1.54) is 44.2 Å².